The first kappa shape index (κ1) is 11.8. The maximum atomic E-state index is 11.3. The van der Waals surface area contributed by atoms with E-state index in [-0.39, 0.29) is 11.7 Å². The van der Waals surface area contributed by atoms with Gasteiger partial charge in [0.05, 0.1) is 0 Å². The predicted molar refractivity (Wildman–Crippen MR) is 51.5 cm³/mol. The fourth-order valence-corrected chi connectivity index (χ4v) is 0.856. The van der Waals surface area contributed by atoms with Crippen LogP contribution in [0.4, 0.5) is 0 Å². The summed E-state index contributed by atoms with van der Waals surface area (Å²) < 4.78 is 0. The van der Waals surface area contributed by atoms with Crippen molar-refractivity contribution in [2.45, 2.75) is 40.0 Å². The summed E-state index contributed by atoms with van der Waals surface area (Å²) in [5.74, 6) is -0.242. The molecule has 1 N–H and O–H groups in total. The number of nitrogens with zero attached hydrogens (tertiary/aromatic N) is 1. The quantitative estimate of drug-likeness (QED) is 0.516. The molecule has 0 radical (unpaired) electrons. The number of ketones is 1. The van der Waals surface area contributed by atoms with Crippen LogP contribution in [0.3, 0.4) is 0 Å². The van der Waals surface area contributed by atoms with Crippen LogP contribution in [-0.2, 0) is 9.59 Å². The summed E-state index contributed by atoms with van der Waals surface area (Å²) in [4.78, 5) is 21.8. The topological polar surface area (TPSA) is 58.5 Å². The lowest BCUT2D eigenvalue weighted by Gasteiger charge is -2.00. The molecule has 4 heteroatoms. The van der Waals surface area contributed by atoms with Gasteiger partial charge in [-0.15, -0.1) is 0 Å². The Hall–Kier alpha value is -1.19. The Morgan fingerprint density at radius 1 is 1.31 bits per heavy atom. The van der Waals surface area contributed by atoms with Crippen molar-refractivity contribution in [3.05, 3.63) is 0 Å². The number of hydrogen-bond acceptors (Lipinski definition) is 3. The van der Waals surface area contributed by atoms with Crippen molar-refractivity contribution in [2.24, 2.45) is 5.10 Å². The molecule has 0 saturated carbocycles. The average molecular weight is 184 g/mol. The van der Waals surface area contributed by atoms with Gasteiger partial charge in [-0.2, -0.15) is 5.10 Å². The van der Waals surface area contributed by atoms with Gasteiger partial charge in [0.2, 0.25) is 5.91 Å². The van der Waals surface area contributed by atoms with Gasteiger partial charge >= 0.3 is 0 Å². The Balaban J connectivity index is 4.22. The molecule has 0 aromatic carbocycles. The van der Waals surface area contributed by atoms with Crippen molar-refractivity contribution in [1.29, 1.82) is 0 Å². The lowest BCUT2D eigenvalue weighted by molar-refractivity contribution is -0.118. The van der Waals surface area contributed by atoms with Gasteiger partial charge in [-0.05, 0) is 12.8 Å². The number of rotatable bonds is 5. The minimum Gasteiger partial charge on any atom is -0.293 e. The van der Waals surface area contributed by atoms with E-state index >= 15 is 0 Å². The zero-order chi connectivity index (χ0) is 10.3. The average Bonchev–Trinajstić information content (AvgIpc) is 2.05. The smallest absolute Gasteiger partial charge is 0.236 e. The molecule has 0 spiro atoms. The van der Waals surface area contributed by atoms with Gasteiger partial charge in [0.15, 0.2) is 5.78 Å². The number of Topliss-reactive ketones (excluding diaryl/α,β-unsaturated/α-hetero) is 1. The Labute approximate surface area is 78.4 Å². The van der Waals surface area contributed by atoms with Crippen molar-refractivity contribution in [3.8, 4) is 0 Å². The number of hydrogen-bond donors (Lipinski definition) is 1. The minimum atomic E-state index is -0.254. The summed E-state index contributed by atoms with van der Waals surface area (Å²) in [5, 5.41) is 3.73. The number of nitrogens with one attached hydrogen (secondary N) is 1. The summed E-state index contributed by atoms with van der Waals surface area (Å²) in [7, 11) is 0. The zero-order valence-corrected chi connectivity index (χ0v) is 8.39. The molecule has 74 valence electrons. The fraction of sp³-hybridized carbons (Fsp3) is 0.667. The van der Waals surface area contributed by atoms with E-state index in [1.54, 1.807) is 0 Å². The highest BCUT2D eigenvalue weighted by molar-refractivity contribution is 6.39. The molecule has 0 aliphatic carbocycles. The van der Waals surface area contributed by atoms with Crippen LogP contribution in [0.25, 0.3) is 0 Å². The molecule has 0 heterocycles. The van der Waals surface area contributed by atoms with E-state index in [0.29, 0.717) is 18.6 Å². The summed E-state index contributed by atoms with van der Waals surface area (Å²) in [6.45, 7) is 5.14. The molecular weight excluding hydrogens is 168 g/mol. The Morgan fingerprint density at radius 3 is 2.31 bits per heavy atom. The Bertz CT molecular complexity index is 222. The van der Waals surface area contributed by atoms with Crippen LogP contribution >= 0.6 is 0 Å². The monoisotopic (exact) mass is 184 g/mol. The molecule has 0 bridgehead atoms. The SMILES string of the molecule is CCCC(=O)/C(CC)=N/NC(C)=O. The summed E-state index contributed by atoms with van der Waals surface area (Å²) >= 11 is 0. The van der Waals surface area contributed by atoms with Crippen molar-refractivity contribution in [1.82, 2.24) is 5.43 Å². The second-order valence-electron chi connectivity index (χ2n) is 2.75. The highest BCUT2D eigenvalue weighted by Gasteiger charge is 2.07. The molecule has 1 amide bonds. The van der Waals surface area contributed by atoms with Gasteiger partial charge in [-0.3, -0.25) is 9.59 Å². The van der Waals surface area contributed by atoms with Crippen LogP contribution in [0.1, 0.15) is 40.0 Å². The number of carbonyl (C=O) groups is 2. The Morgan fingerprint density at radius 2 is 1.92 bits per heavy atom. The Kier molecular flexibility index (Phi) is 5.76. The van der Waals surface area contributed by atoms with Gasteiger partial charge in [-0.1, -0.05) is 13.8 Å². The first-order valence-electron chi connectivity index (χ1n) is 4.48. The number of hydrazone groups is 1. The lowest BCUT2D eigenvalue weighted by Crippen LogP contribution is -2.20. The summed E-state index contributed by atoms with van der Waals surface area (Å²) in [6.07, 6.45) is 1.85. The van der Waals surface area contributed by atoms with E-state index in [4.69, 9.17) is 0 Å². The molecule has 0 fully saturated rings. The van der Waals surface area contributed by atoms with Gasteiger partial charge in [-0.25, -0.2) is 5.43 Å². The predicted octanol–water partition coefficient (Wildman–Crippen LogP) is 1.26. The van der Waals surface area contributed by atoms with Gasteiger partial charge in [0, 0.05) is 13.3 Å². The number of carbonyl (C=O) groups excluding carboxylic acids is 2. The second kappa shape index (κ2) is 6.34. The summed E-state index contributed by atoms with van der Waals surface area (Å²) in [6, 6.07) is 0. The van der Waals surface area contributed by atoms with Crippen LogP contribution in [0, 0.1) is 0 Å². The van der Waals surface area contributed by atoms with Crippen LogP contribution in [-0.4, -0.2) is 17.4 Å². The molecular formula is C9H16N2O2. The van der Waals surface area contributed by atoms with Crippen LogP contribution in [0.15, 0.2) is 5.10 Å². The van der Waals surface area contributed by atoms with Crippen molar-refractivity contribution in [2.75, 3.05) is 0 Å². The first-order chi connectivity index (χ1) is 6.11. The van der Waals surface area contributed by atoms with Crippen LogP contribution in [0.2, 0.25) is 0 Å². The maximum absolute atomic E-state index is 11.3. The van der Waals surface area contributed by atoms with Gasteiger partial charge in [0.1, 0.15) is 5.71 Å². The second-order valence-corrected chi connectivity index (χ2v) is 2.75. The van der Waals surface area contributed by atoms with E-state index < -0.39 is 0 Å². The van der Waals surface area contributed by atoms with Gasteiger partial charge in [0.25, 0.3) is 0 Å². The normalized spacial score (nSPS) is 11.2. The van der Waals surface area contributed by atoms with E-state index in [0.717, 1.165) is 6.42 Å². The molecule has 0 aliphatic heterocycles. The first-order valence-corrected chi connectivity index (χ1v) is 4.48. The van der Waals surface area contributed by atoms with Crippen LogP contribution < -0.4 is 5.43 Å². The van der Waals surface area contributed by atoms with Crippen molar-refractivity contribution < 1.29 is 9.59 Å². The van der Waals surface area contributed by atoms with Crippen LogP contribution in [0.5, 0.6) is 0 Å². The van der Waals surface area contributed by atoms with Crippen molar-refractivity contribution in [3.63, 3.8) is 0 Å². The van der Waals surface area contributed by atoms with E-state index in [2.05, 4.69) is 10.5 Å². The summed E-state index contributed by atoms with van der Waals surface area (Å²) in [5.41, 5.74) is 2.71. The molecule has 0 atom stereocenters. The fourth-order valence-electron chi connectivity index (χ4n) is 0.856. The lowest BCUT2D eigenvalue weighted by atomic mass is 10.1. The van der Waals surface area contributed by atoms with E-state index in [1.165, 1.54) is 6.92 Å². The standard InChI is InChI=1S/C9H16N2O2/c1-4-6-9(13)8(5-2)11-10-7(3)12/h4-6H2,1-3H3,(H,10,12)/b11-8+. The van der Waals surface area contributed by atoms with E-state index in [1.807, 2.05) is 13.8 Å². The molecule has 0 aromatic heterocycles. The zero-order valence-electron chi connectivity index (χ0n) is 8.39. The van der Waals surface area contributed by atoms with Gasteiger partial charge < -0.3 is 0 Å². The molecule has 0 aromatic rings. The third-order valence-corrected chi connectivity index (χ3v) is 1.48. The highest BCUT2D eigenvalue weighted by Crippen LogP contribution is 1.95. The van der Waals surface area contributed by atoms with E-state index in [9.17, 15) is 9.59 Å². The highest BCUT2D eigenvalue weighted by atomic mass is 16.2. The molecule has 0 aliphatic rings. The molecule has 4 nitrogen and oxygen atoms in total. The maximum Gasteiger partial charge on any atom is 0.236 e. The molecule has 0 saturated heterocycles. The third-order valence-electron chi connectivity index (χ3n) is 1.48. The molecule has 0 unspecified atom stereocenters. The molecule has 0 rings (SSSR count). The van der Waals surface area contributed by atoms with Crippen molar-refractivity contribution >= 4 is 17.4 Å². The largest absolute Gasteiger partial charge is 0.293 e. The molecule has 13 heavy (non-hydrogen) atoms. The number of amides is 1. The third kappa shape index (κ3) is 5.11. The minimum absolute atomic E-state index is 0.0127.